The lowest BCUT2D eigenvalue weighted by Gasteiger charge is -2.36. The summed E-state index contributed by atoms with van der Waals surface area (Å²) < 4.78 is 0. The van der Waals surface area contributed by atoms with Gasteiger partial charge in [0.1, 0.15) is 12.1 Å². The summed E-state index contributed by atoms with van der Waals surface area (Å²) in [5, 5.41) is 3.98. The van der Waals surface area contributed by atoms with Crippen molar-refractivity contribution < 1.29 is 14.4 Å². The maximum absolute atomic E-state index is 14.0. The minimum Gasteiger partial charge on any atom is -0.356 e. The Kier molecular flexibility index (Phi) is 5.79. The molecule has 2 atom stereocenters. The number of rotatable bonds is 5. The van der Waals surface area contributed by atoms with Gasteiger partial charge in [0.15, 0.2) is 0 Å². The van der Waals surface area contributed by atoms with Crippen molar-refractivity contribution >= 4 is 34.4 Å². The molecule has 6 rings (SSSR count). The molecule has 2 aliphatic heterocycles. The first-order valence-corrected chi connectivity index (χ1v) is 13.0. The summed E-state index contributed by atoms with van der Waals surface area (Å²) in [4.78, 5) is 46.8. The molecule has 1 aromatic heterocycles. The minimum absolute atomic E-state index is 0.174. The fourth-order valence-corrected chi connectivity index (χ4v) is 5.57. The lowest BCUT2D eigenvalue weighted by Crippen LogP contribution is -2.44. The third-order valence-electron chi connectivity index (χ3n) is 7.50. The van der Waals surface area contributed by atoms with Gasteiger partial charge in [-0.3, -0.25) is 14.5 Å². The summed E-state index contributed by atoms with van der Waals surface area (Å²) in [6, 6.07) is 21.5. The second kappa shape index (κ2) is 9.17. The highest BCUT2D eigenvalue weighted by atomic mass is 16.2. The number of anilines is 1. The zero-order valence-corrected chi connectivity index (χ0v) is 21.7. The fraction of sp³-hybridized carbons (Fsp3) is 0.258. The van der Waals surface area contributed by atoms with Gasteiger partial charge in [0.25, 0.3) is 11.8 Å². The number of urea groups is 1. The molecule has 1 saturated heterocycles. The Labute approximate surface area is 221 Å². The molecule has 3 heterocycles. The maximum Gasteiger partial charge on any atom is 0.332 e. The lowest BCUT2D eigenvalue weighted by molar-refractivity contribution is -0.120. The third-order valence-corrected chi connectivity index (χ3v) is 7.50. The molecule has 4 amide bonds. The van der Waals surface area contributed by atoms with E-state index in [1.807, 2.05) is 63.2 Å². The maximum atomic E-state index is 14.0. The van der Waals surface area contributed by atoms with Crippen molar-refractivity contribution in [2.45, 2.75) is 39.3 Å². The van der Waals surface area contributed by atoms with Crippen molar-refractivity contribution in [3.8, 4) is 0 Å². The highest BCUT2D eigenvalue weighted by Gasteiger charge is 2.53. The van der Waals surface area contributed by atoms with Crippen LogP contribution in [0.3, 0.4) is 0 Å². The smallest absolute Gasteiger partial charge is 0.332 e. The van der Waals surface area contributed by atoms with Crippen LogP contribution in [0.4, 0.5) is 10.5 Å². The number of para-hydroxylation sites is 1. The third kappa shape index (κ3) is 3.86. The molecule has 0 radical (unpaired) electrons. The van der Waals surface area contributed by atoms with Crippen LogP contribution in [0.25, 0.3) is 10.9 Å². The molecule has 38 heavy (non-hydrogen) atoms. The van der Waals surface area contributed by atoms with Crippen LogP contribution in [0.5, 0.6) is 0 Å². The lowest BCUT2D eigenvalue weighted by atomic mass is 9.88. The number of nitrogens with zero attached hydrogens (tertiary/aromatic N) is 2. The fourth-order valence-electron chi connectivity index (χ4n) is 5.57. The molecule has 7 nitrogen and oxygen atoms in total. The van der Waals surface area contributed by atoms with Gasteiger partial charge in [-0.05, 0) is 54.3 Å². The van der Waals surface area contributed by atoms with E-state index < -0.39 is 12.1 Å². The molecule has 3 aromatic carbocycles. The van der Waals surface area contributed by atoms with Gasteiger partial charge >= 0.3 is 6.03 Å². The first-order chi connectivity index (χ1) is 18.3. The van der Waals surface area contributed by atoms with Crippen LogP contribution in [0, 0.1) is 12.8 Å². The second-order valence-corrected chi connectivity index (χ2v) is 10.6. The van der Waals surface area contributed by atoms with E-state index in [-0.39, 0.29) is 17.8 Å². The highest BCUT2D eigenvalue weighted by molar-refractivity contribution is 6.22. The van der Waals surface area contributed by atoms with Gasteiger partial charge < -0.3 is 10.3 Å². The van der Waals surface area contributed by atoms with Crippen molar-refractivity contribution in [1.29, 1.82) is 0 Å². The van der Waals surface area contributed by atoms with Crippen molar-refractivity contribution in [1.82, 2.24) is 15.2 Å². The number of H-pyrrole nitrogens is 1. The first-order valence-electron chi connectivity index (χ1n) is 13.0. The number of aromatic nitrogens is 1. The number of imide groups is 1. The average Bonchev–Trinajstić information content (AvgIpc) is 3.41. The number of carbonyl (C=O) groups excluding carboxylic acids is 3. The van der Waals surface area contributed by atoms with E-state index in [1.165, 1.54) is 4.90 Å². The topological polar surface area (TPSA) is 85.5 Å². The van der Waals surface area contributed by atoms with E-state index >= 15 is 0 Å². The molecule has 1 unspecified atom stereocenters. The molecule has 0 aliphatic carbocycles. The Morgan fingerprint density at radius 3 is 2.42 bits per heavy atom. The van der Waals surface area contributed by atoms with E-state index in [4.69, 9.17) is 0 Å². The monoisotopic (exact) mass is 506 g/mol. The van der Waals surface area contributed by atoms with Crippen LogP contribution in [0.1, 0.15) is 52.6 Å². The zero-order chi connectivity index (χ0) is 26.6. The van der Waals surface area contributed by atoms with Crippen LogP contribution in [0.2, 0.25) is 0 Å². The van der Waals surface area contributed by atoms with Gasteiger partial charge in [-0.15, -0.1) is 0 Å². The molecule has 4 aromatic rings. The van der Waals surface area contributed by atoms with Gasteiger partial charge in [0, 0.05) is 35.1 Å². The second-order valence-electron chi connectivity index (χ2n) is 10.6. The number of hydrogen-bond acceptors (Lipinski definition) is 3. The Balaban J connectivity index is 1.38. The van der Waals surface area contributed by atoms with E-state index in [1.54, 1.807) is 29.2 Å². The number of aromatic amines is 1. The first kappa shape index (κ1) is 24.0. The summed E-state index contributed by atoms with van der Waals surface area (Å²) in [5.74, 6) is -0.0831. The molecule has 192 valence electrons. The Morgan fingerprint density at radius 2 is 1.71 bits per heavy atom. The van der Waals surface area contributed by atoms with Crippen molar-refractivity contribution in [2.24, 2.45) is 5.92 Å². The quantitative estimate of drug-likeness (QED) is 0.358. The van der Waals surface area contributed by atoms with Crippen LogP contribution >= 0.6 is 0 Å². The molecule has 2 aliphatic rings. The standard InChI is InChI=1S/C31H30N4O3/c1-18(2)17-32-29(36)21-12-14-22(15-13-21)34-30(37)26-16-24-23-6-4-5-7-25(23)33-27(24)28(35(26)31(34)38)20-10-8-19(3)9-11-20/h4-15,18,26,28,33H,16-17H2,1-3H3,(H,32,36)/t26-,28?/m0/s1. The largest absolute Gasteiger partial charge is 0.356 e. The molecule has 1 fully saturated rings. The predicted octanol–water partition coefficient (Wildman–Crippen LogP) is 5.35. The summed E-state index contributed by atoms with van der Waals surface area (Å²) in [6.07, 6.45) is 0.443. The van der Waals surface area contributed by atoms with Gasteiger partial charge in [0.2, 0.25) is 0 Å². The molecule has 7 heteroatoms. The van der Waals surface area contributed by atoms with E-state index in [2.05, 4.69) is 16.4 Å². The Morgan fingerprint density at radius 1 is 1.00 bits per heavy atom. The molecule has 0 saturated carbocycles. The number of nitrogens with one attached hydrogen (secondary N) is 2. The number of benzene rings is 3. The normalized spacial score (nSPS) is 18.7. The summed E-state index contributed by atoms with van der Waals surface area (Å²) in [7, 11) is 0. The molecule has 0 spiro atoms. The zero-order valence-electron chi connectivity index (χ0n) is 21.7. The summed E-state index contributed by atoms with van der Waals surface area (Å²) in [6.45, 7) is 6.67. The summed E-state index contributed by atoms with van der Waals surface area (Å²) >= 11 is 0. The van der Waals surface area contributed by atoms with Gasteiger partial charge in [0.05, 0.1) is 5.69 Å². The number of carbonyl (C=O) groups is 3. The predicted molar refractivity (Wildman–Crippen MR) is 147 cm³/mol. The Bertz CT molecular complexity index is 1550. The van der Waals surface area contributed by atoms with Crippen molar-refractivity contribution in [3.63, 3.8) is 0 Å². The average molecular weight is 507 g/mol. The van der Waals surface area contributed by atoms with E-state index in [0.29, 0.717) is 30.1 Å². The van der Waals surface area contributed by atoms with Gasteiger partial charge in [-0.1, -0.05) is 61.9 Å². The van der Waals surface area contributed by atoms with Crippen LogP contribution in [-0.2, 0) is 11.2 Å². The number of fused-ring (bicyclic) bond motifs is 4. The highest BCUT2D eigenvalue weighted by Crippen LogP contribution is 2.44. The van der Waals surface area contributed by atoms with Crippen LogP contribution in [0.15, 0.2) is 72.8 Å². The Hall–Kier alpha value is -4.39. The van der Waals surface area contributed by atoms with Gasteiger partial charge in [-0.25, -0.2) is 9.69 Å². The van der Waals surface area contributed by atoms with Crippen LogP contribution in [-0.4, -0.2) is 40.3 Å². The van der Waals surface area contributed by atoms with E-state index in [0.717, 1.165) is 33.3 Å². The van der Waals surface area contributed by atoms with Crippen LogP contribution < -0.4 is 10.2 Å². The summed E-state index contributed by atoms with van der Waals surface area (Å²) in [5.41, 5.74) is 6.06. The van der Waals surface area contributed by atoms with Crippen molar-refractivity contribution in [2.75, 3.05) is 11.4 Å². The molecular formula is C31H30N4O3. The molecular weight excluding hydrogens is 476 g/mol. The minimum atomic E-state index is -0.616. The van der Waals surface area contributed by atoms with Crippen molar-refractivity contribution in [3.05, 3.63) is 101 Å². The van der Waals surface area contributed by atoms with Gasteiger partial charge in [-0.2, -0.15) is 0 Å². The number of amides is 4. The molecule has 2 N–H and O–H groups in total. The molecule has 0 bridgehead atoms. The number of hydrogen-bond donors (Lipinski definition) is 2. The van der Waals surface area contributed by atoms with E-state index in [9.17, 15) is 14.4 Å². The SMILES string of the molecule is Cc1ccc(C2c3[nH]c4ccccc4c3C[C@H]3C(=O)N(c4ccc(C(=O)NCC(C)C)cc4)C(=O)N23)cc1. The number of aryl methyl sites for hydroxylation is 1.